The number of benzene rings is 1. The molecular weight excluding hydrogens is 181 g/mol. The molecule has 0 bridgehead atoms. The van der Waals surface area contributed by atoms with E-state index in [4.69, 9.17) is 17.3 Å². The second-order valence-electron chi connectivity index (χ2n) is 2.42. The zero-order valence-corrected chi connectivity index (χ0v) is 7.05. The van der Waals surface area contributed by atoms with Crippen LogP contribution in [0.2, 0.25) is 5.02 Å². The summed E-state index contributed by atoms with van der Waals surface area (Å²) in [5.74, 6) is -0.429. The number of halogens is 2. The third-order valence-corrected chi connectivity index (χ3v) is 1.88. The molecule has 0 radical (unpaired) electrons. The van der Waals surface area contributed by atoms with E-state index in [0.29, 0.717) is 10.6 Å². The minimum Gasteiger partial charge on any atom is -0.387 e. The lowest BCUT2D eigenvalue weighted by Gasteiger charge is -2.09. The van der Waals surface area contributed by atoms with Gasteiger partial charge >= 0.3 is 0 Å². The maximum Gasteiger partial charge on any atom is 0.123 e. The molecule has 0 aliphatic carbocycles. The zero-order valence-electron chi connectivity index (χ0n) is 6.30. The maximum absolute atomic E-state index is 12.6. The average molecular weight is 190 g/mol. The Morgan fingerprint density at radius 2 is 2.25 bits per heavy atom. The van der Waals surface area contributed by atoms with Gasteiger partial charge in [0.05, 0.1) is 6.10 Å². The van der Waals surface area contributed by atoms with E-state index in [1.54, 1.807) is 0 Å². The van der Waals surface area contributed by atoms with Gasteiger partial charge in [-0.25, -0.2) is 4.39 Å². The zero-order chi connectivity index (χ0) is 9.14. The molecule has 0 aliphatic rings. The fourth-order valence-electron chi connectivity index (χ4n) is 0.897. The van der Waals surface area contributed by atoms with Gasteiger partial charge in [-0.1, -0.05) is 11.6 Å². The second kappa shape index (κ2) is 3.85. The lowest BCUT2D eigenvalue weighted by atomic mass is 10.1. The Kier molecular flexibility index (Phi) is 3.03. The van der Waals surface area contributed by atoms with Gasteiger partial charge in [0.15, 0.2) is 0 Å². The summed E-state index contributed by atoms with van der Waals surface area (Å²) in [6.45, 7) is 0.0309. The average Bonchev–Trinajstić information content (AvgIpc) is 2.08. The highest BCUT2D eigenvalue weighted by Crippen LogP contribution is 2.22. The molecule has 1 rings (SSSR count). The van der Waals surface area contributed by atoms with Crippen molar-refractivity contribution in [2.24, 2.45) is 5.73 Å². The molecule has 0 saturated heterocycles. The van der Waals surface area contributed by atoms with Gasteiger partial charge in [0, 0.05) is 17.1 Å². The summed E-state index contributed by atoms with van der Waals surface area (Å²) in [5.41, 5.74) is 5.52. The number of aliphatic hydroxyl groups is 1. The van der Waals surface area contributed by atoms with Crippen molar-refractivity contribution in [1.82, 2.24) is 0 Å². The van der Waals surface area contributed by atoms with Gasteiger partial charge in [-0.15, -0.1) is 0 Å². The number of hydrogen-bond donors (Lipinski definition) is 2. The lowest BCUT2D eigenvalue weighted by Crippen LogP contribution is -2.12. The van der Waals surface area contributed by atoms with E-state index in [9.17, 15) is 9.50 Å². The van der Waals surface area contributed by atoms with Crippen LogP contribution < -0.4 is 5.73 Å². The summed E-state index contributed by atoms with van der Waals surface area (Å²) in [7, 11) is 0. The maximum atomic E-state index is 12.6. The molecule has 0 spiro atoms. The van der Waals surface area contributed by atoms with Crippen molar-refractivity contribution in [2.45, 2.75) is 6.10 Å². The summed E-state index contributed by atoms with van der Waals surface area (Å²) in [6, 6.07) is 3.81. The minimum absolute atomic E-state index is 0.0309. The minimum atomic E-state index is -0.895. The van der Waals surface area contributed by atoms with Crippen LogP contribution in [0.25, 0.3) is 0 Å². The highest BCUT2D eigenvalue weighted by Gasteiger charge is 2.09. The van der Waals surface area contributed by atoms with E-state index >= 15 is 0 Å². The first-order chi connectivity index (χ1) is 5.65. The fourth-order valence-corrected chi connectivity index (χ4v) is 1.14. The van der Waals surface area contributed by atoms with E-state index in [1.165, 1.54) is 18.2 Å². The first-order valence-corrected chi connectivity index (χ1v) is 3.86. The van der Waals surface area contributed by atoms with Crippen molar-refractivity contribution < 1.29 is 9.50 Å². The molecule has 1 aromatic carbocycles. The highest BCUT2D eigenvalue weighted by molar-refractivity contribution is 6.31. The smallest absolute Gasteiger partial charge is 0.123 e. The van der Waals surface area contributed by atoms with E-state index < -0.39 is 11.9 Å². The number of aliphatic hydroxyl groups excluding tert-OH is 1. The van der Waals surface area contributed by atoms with Gasteiger partial charge < -0.3 is 10.8 Å². The standard InChI is InChI=1S/C8H9ClFNO/c9-7-2-1-5(10)3-6(7)8(12)4-11/h1-3,8,12H,4,11H2/t8-/m0/s1. The van der Waals surface area contributed by atoms with Crippen LogP contribution in [-0.4, -0.2) is 11.7 Å². The Bertz CT molecular complexity index is 280. The fraction of sp³-hybridized carbons (Fsp3) is 0.250. The summed E-state index contributed by atoms with van der Waals surface area (Å²) in [5, 5.41) is 9.59. The summed E-state index contributed by atoms with van der Waals surface area (Å²) in [6.07, 6.45) is -0.895. The summed E-state index contributed by atoms with van der Waals surface area (Å²) >= 11 is 5.69. The van der Waals surface area contributed by atoms with Crippen molar-refractivity contribution in [3.05, 3.63) is 34.6 Å². The van der Waals surface area contributed by atoms with Gasteiger partial charge in [0.1, 0.15) is 5.82 Å². The Balaban J connectivity index is 3.04. The first-order valence-electron chi connectivity index (χ1n) is 3.48. The van der Waals surface area contributed by atoms with Crippen LogP contribution in [0, 0.1) is 5.82 Å². The number of nitrogens with two attached hydrogens (primary N) is 1. The van der Waals surface area contributed by atoms with Crippen molar-refractivity contribution in [1.29, 1.82) is 0 Å². The van der Waals surface area contributed by atoms with Crippen molar-refractivity contribution >= 4 is 11.6 Å². The predicted octanol–water partition coefficient (Wildman–Crippen LogP) is 1.47. The quantitative estimate of drug-likeness (QED) is 0.740. The van der Waals surface area contributed by atoms with Crippen LogP contribution in [0.5, 0.6) is 0 Å². The number of rotatable bonds is 2. The Morgan fingerprint density at radius 1 is 1.58 bits per heavy atom. The molecule has 0 fully saturated rings. The molecule has 12 heavy (non-hydrogen) atoms. The van der Waals surface area contributed by atoms with Crippen molar-refractivity contribution in [2.75, 3.05) is 6.54 Å². The molecule has 4 heteroatoms. The molecule has 66 valence electrons. The molecular formula is C8H9ClFNO. The highest BCUT2D eigenvalue weighted by atomic mass is 35.5. The molecule has 0 unspecified atom stereocenters. The molecule has 0 saturated carbocycles. The molecule has 0 amide bonds. The number of hydrogen-bond acceptors (Lipinski definition) is 2. The third kappa shape index (κ3) is 1.94. The van der Waals surface area contributed by atoms with Crippen LogP contribution in [0.4, 0.5) is 4.39 Å². The van der Waals surface area contributed by atoms with Gasteiger partial charge in [-0.05, 0) is 18.2 Å². The summed E-state index contributed by atoms with van der Waals surface area (Å²) < 4.78 is 12.6. The topological polar surface area (TPSA) is 46.2 Å². The normalized spacial score (nSPS) is 13.0. The third-order valence-electron chi connectivity index (χ3n) is 1.54. The second-order valence-corrected chi connectivity index (χ2v) is 2.82. The molecule has 0 heterocycles. The van der Waals surface area contributed by atoms with E-state index in [2.05, 4.69) is 0 Å². The van der Waals surface area contributed by atoms with Gasteiger partial charge in [0.25, 0.3) is 0 Å². The van der Waals surface area contributed by atoms with Crippen molar-refractivity contribution in [3.8, 4) is 0 Å². The van der Waals surface area contributed by atoms with E-state index in [0.717, 1.165) is 0 Å². The van der Waals surface area contributed by atoms with Crippen LogP contribution in [-0.2, 0) is 0 Å². The van der Waals surface area contributed by atoms with Crippen LogP contribution in [0.3, 0.4) is 0 Å². The molecule has 1 atom stereocenters. The molecule has 2 nitrogen and oxygen atoms in total. The first kappa shape index (κ1) is 9.45. The van der Waals surface area contributed by atoms with Crippen LogP contribution >= 0.6 is 11.6 Å². The van der Waals surface area contributed by atoms with Crippen molar-refractivity contribution in [3.63, 3.8) is 0 Å². The SMILES string of the molecule is NC[C@H](O)c1cc(F)ccc1Cl. The van der Waals surface area contributed by atoms with Gasteiger partial charge in [-0.3, -0.25) is 0 Å². The van der Waals surface area contributed by atoms with Crippen LogP contribution in [0.1, 0.15) is 11.7 Å². The molecule has 1 aromatic rings. The Morgan fingerprint density at radius 3 is 2.83 bits per heavy atom. The Labute approximate surface area is 74.8 Å². The summed E-state index contributed by atoms with van der Waals surface area (Å²) in [4.78, 5) is 0. The molecule has 3 N–H and O–H groups in total. The predicted molar refractivity (Wildman–Crippen MR) is 45.4 cm³/mol. The molecule has 0 aromatic heterocycles. The van der Waals surface area contributed by atoms with Crippen LogP contribution in [0.15, 0.2) is 18.2 Å². The monoisotopic (exact) mass is 189 g/mol. The van der Waals surface area contributed by atoms with Gasteiger partial charge in [-0.2, -0.15) is 0 Å². The molecule has 0 aliphatic heterocycles. The Hall–Kier alpha value is -0.640. The van der Waals surface area contributed by atoms with E-state index in [-0.39, 0.29) is 6.54 Å². The lowest BCUT2D eigenvalue weighted by molar-refractivity contribution is 0.186. The van der Waals surface area contributed by atoms with Gasteiger partial charge in [0.2, 0.25) is 0 Å². The van der Waals surface area contributed by atoms with E-state index in [1.807, 2.05) is 0 Å². The largest absolute Gasteiger partial charge is 0.387 e.